The van der Waals surface area contributed by atoms with Crippen molar-refractivity contribution in [2.45, 2.75) is 33.3 Å². The van der Waals surface area contributed by atoms with E-state index in [0.717, 1.165) is 31.4 Å². The van der Waals surface area contributed by atoms with E-state index < -0.39 is 5.92 Å². The minimum absolute atomic E-state index is 0.180. The molecule has 8 nitrogen and oxygen atoms in total. The average Bonchev–Trinajstić information content (AvgIpc) is 3.61. The fraction of sp³-hybridized carbons (Fsp3) is 0.167. The Balaban J connectivity index is 1.55. The molecule has 0 amide bonds. The third kappa shape index (κ3) is 6.79. The molecule has 0 aliphatic rings. The highest BCUT2D eigenvalue weighted by molar-refractivity contribution is 14.1. The Hall–Kier alpha value is -4.19. The summed E-state index contributed by atoms with van der Waals surface area (Å²) < 4.78 is 13.1. The van der Waals surface area contributed by atoms with Gasteiger partial charge < -0.3 is 9.47 Å². The molecule has 0 bridgehead atoms. The molecule has 4 aromatic carbocycles. The van der Waals surface area contributed by atoms with Crippen molar-refractivity contribution in [1.29, 1.82) is 0 Å². The third-order valence-electron chi connectivity index (χ3n) is 7.94. The number of ether oxygens (including phenoxy) is 2. The van der Waals surface area contributed by atoms with Crippen molar-refractivity contribution in [2.24, 2.45) is 0 Å². The Kier molecular flexibility index (Phi) is 9.67. The van der Waals surface area contributed by atoms with Crippen molar-refractivity contribution < 1.29 is 9.47 Å². The summed E-state index contributed by atoms with van der Waals surface area (Å²) in [6.07, 6.45) is 0. The average molecular weight is 781 g/mol. The van der Waals surface area contributed by atoms with Crippen LogP contribution in [0.1, 0.15) is 46.2 Å². The van der Waals surface area contributed by atoms with E-state index in [9.17, 15) is 9.59 Å². The van der Waals surface area contributed by atoms with Gasteiger partial charge in [0.05, 0.1) is 32.7 Å². The summed E-state index contributed by atoms with van der Waals surface area (Å²) in [5.41, 5.74) is 6.49. The van der Waals surface area contributed by atoms with Crippen LogP contribution < -0.4 is 20.6 Å². The summed E-state index contributed by atoms with van der Waals surface area (Å²) in [6, 6.07) is 24.7. The van der Waals surface area contributed by atoms with Crippen molar-refractivity contribution in [1.82, 2.24) is 20.4 Å². The third-order valence-corrected chi connectivity index (χ3v) is 9.33. The van der Waals surface area contributed by atoms with Gasteiger partial charge in [-0.05, 0) is 84.3 Å². The second-order valence-electron chi connectivity index (χ2n) is 11.2. The summed E-state index contributed by atoms with van der Waals surface area (Å²) in [5.74, 6) is 0.182. The highest BCUT2D eigenvalue weighted by Gasteiger charge is 2.32. The van der Waals surface area contributed by atoms with Gasteiger partial charge in [0.1, 0.15) is 6.61 Å². The van der Waals surface area contributed by atoms with Gasteiger partial charge in [-0.2, -0.15) is 0 Å². The van der Waals surface area contributed by atoms with Gasteiger partial charge in [0, 0.05) is 21.5 Å². The molecular weight excluding hydrogens is 750 g/mol. The van der Waals surface area contributed by atoms with Gasteiger partial charge >= 0.3 is 0 Å². The molecule has 6 aromatic rings. The number of aryl methyl sites for hydroxylation is 2. The van der Waals surface area contributed by atoms with Crippen LogP contribution in [0.25, 0.3) is 22.5 Å². The maximum Gasteiger partial charge on any atom is 0.268 e. The standard InChI is InChI=1S/C36H31Cl2IN4O4/c1-4-46-28-16-24(15-27(39)34(28)47-18-23-13-14-25(37)17-26(23)38)29(30-32(40-42-35(30)44)21-9-5-19(2)6-10-21)31-33(41-43-36(31)45)22-11-7-20(3)8-12-22/h5-17,29H,4,18H2,1-3H3,(H2,40,42,44)(H2,41,43,45). The summed E-state index contributed by atoms with van der Waals surface area (Å²) in [5, 5.41) is 12.8. The Labute approximate surface area is 294 Å². The highest BCUT2D eigenvalue weighted by atomic mass is 127. The lowest BCUT2D eigenvalue weighted by atomic mass is 9.83. The first-order valence-electron chi connectivity index (χ1n) is 14.9. The first kappa shape index (κ1) is 32.7. The van der Waals surface area contributed by atoms with Crippen molar-refractivity contribution in [2.75, 3.05) is 6.61 Å². The predicted octanol–water partition coefficient (Wildman–Crippen LogP) is 8.74. The lowest BCUT2D eigenvalue weighted by Gasteiger charge is -2.21. The highest BCUT2D eigenvalue weighted by Crippen LogP contribution is 2.43. The molecule has 0 aliphatic carbocycles. The largest absolute Gasteiger partial charge is 0.490 e. The molecule has 11 heteroatoms. The molecule has 0 unspecified atom stereocenters. The summed E-state index contributed by atoms with van der Waals surface area (Å²) in [4.78, 5) is 27.6. The van der Waals surface area contributed by atoms with Gasteiger partial charge in [0.2, 0.25) is 0 Å². The number of aromatic amines is 4. The zero-order chi connectivity index (χ0) is 33.2. The van der Waals surface area contributed by atoms with Gasteiger partial charge in [-0.25, -0.2) is 0 Å². The molecular formula is C36H31Cl2IN4O4. The van der Waals surface area contributed by atoms with E-state index in [1.165, 1.54) is 0 Å². The minimum Gasteiger partial charge on any atom is -0.490 e. The van der Waals surface area contributed by atoms with Crippen molar-refractivity contribution in [3.8, 4) is 34.0 Å². The van der Waals surface area contributed by atoms with E-state index in [-0.39, 0.29) is 17.7 Å². The fourth-order valence-electron chi connectivity index (χ4n) is 5.61. The lowest BCUT2D eigenvalue weighted by molar-refractivity contribution is 0.267. The van der Waals surface area contributed by atoms with E-state index in [4.69, 9.17) is 32.7 Å². The molecule has 47 heavy (non-hydrogen) atoms. The number of hydrogen-bond donors (Lipinski definition) is 4. The van der Waals surface area contributed by atoms with Crippen LogP contribution in [0.4, 0.5) is 0 Å². The van der Waals surface area contributed by atoms with Crippen molar-refractivity contribution in [3.05, 3.63) is 147 Å². The van der Waals surface area contributed by atoms with Gasteiger partial charge in [-0.3, -0.25) is 30.0 Å². The maximum atomic E-state index is 13.8. The summed E-state index contributed by atoms with van der Waals surface area (Å²) in [7, 11) is 0. The van der Waals surface area contributed by atoms with Crippen LogP contribution in [-0.4, -0.2) is 27.0 Å². The van der Waals surface area contributed by atoms with Crippen LogP contribution in [0.15, 0.2) is 88.5 Å². The van der Waals surface area contributed by atoms with Crippen LogP contribution in [0, 0.1) is 17.4 Å². The first-order chi connectivity index (χ1) is 22.6. The maximum absolute atomic E-state index is 13.8. The second-order valence-corrected chi connectivity index (χ2v) is 13.2. The Morgan fingerprint density at radius 3 is 1.79 bits per heavy atom. The number of nitrogens with one attached hydrogen (secondary N) is 4. The van der Waals surface area contributed by atoms with Crippen LogP contribution in [-0.2, 0) is 6.61 Å². The SMILES string of the molecule is CCOc1cc(C(c2c(-c3ccc(C)cc3)[nH][nH]c2=O)c2c(-c3ccc(C)cc3)[nH][nH]c2=O)cc(I)c1OCc1ccc(Cl)cc1Cl. The van der Waals surface area contributed by atoms with Crippen LogP contribution >= 0.6 is 45.8 Å². The Morgan fingerprint density at radius 2 is 1.28 bits per heavy atom. The van der Waals surface area contributed by atoms with E-state index >= 15 is 0 Å². The molecule has 240 valence electrons. The minimum atomic E-state index is -0.805. The molecule has 4 N–H and O–H groups in total. The van der Waals surface area contributed by atoms with Gasteiger partial charge in [0.25, 0.3) is 11.1 Å². The summed E-state index contributed by atoms with van der Waals surface area (Å²) in [6.45, 7) is 6.43. The van der Waals surface area contributed by atoms with Gasteiger partial charge in [0.15, 0.2) is 11.5 Å². The zero-order valence-corrected chi connectivity index (χ0v) is 29.4. The number of rotatable bonds is 10. The molecule has 0 fully saturated rings. The van der Waals surface area contributed by atoms with Gasteiger partial charge in [-0.15, -0.1) is 0 Å². The van der Waals surface area contributed by atoms with Crippen LogP contribution in [0.2, 0.25) is 10.0 Å². The normalized spacial score (nSPS) is 11.3. The lowest BCUT2D eigenvalue weighted by Crippen LogP contribution is -2.20. The molecule has 6 rings (SSSR count). The zero-order valence-electron chi connectivity index (χ0n) is 25.8. The van der Waals surface area contributed by atoms with Crippen LogP contribution in [0.5, 0.6) is 11.5 Å². The molecule has 0 saturated heterocycles. The van der Waals surface area contributed by atoms with Crippen molar-refractivity contribution >= 4 is 45.8 Å². The number of halogens is 3. The monoisotopic (exact) mass is 780 g/mol. The smallest absolute Gasteiger partial charge is 0.268 e. The van der Waals surface area contributed by atoms with Gasteiger partial charge in [-0.1, -0.05) is 88.9 Å². The van der Waals surface area contributed by atoms with Crippen molar-refractivity contribution in [3.63, 3.8) is 0 Å². The Bertz CT molecular complexity index is 2070. The summed E-state index contributed by atoms with van der Waals surface area (Å²) >= 11 is 14.7. The Morgan fingerprint density at radius 1 is 0.723 bits per heavy atom. The number of H-pyrrole nitrogens is 4. The predicted molar refractivity (Wildman–Crippen MR) is 195 cm³/mol. The molecule has 0 aliphatic heterocycles. The number of hydrogen-bond acceptors (Lipinski definition) is 4. The molecule has 0 radical (unpaired) electrons. The van der Waals surface area contributed by atoms with E-state index in [1.807, 2.05) is 87.5 Å². The number of benzene rings is 4. The van der Waals surface area contributed by atoms with E-state index in [0.29, 0.717) is 56.2 Å². The molecule has 0 spiro atoms. The molecule has 2 heterocycles. The number of aromatic nitrogens is 4. The van der Waals surface area contributed by atoms with E-state index in [2.05, 4.69) is 43.0 Å². The molecule has 0 saturated carbocycles. The molecule has 2 aromatic heterocycles. The molecule has 0 atom stereocenters. The second kappa shape index (κ2) is 13.9. The first-order valence-corrected chi connectivity index (χ1v) is 16.8. The van der Waals surface area contributed by atoms with Crippen LogP contribution in [0.3, 0.4) is 0 Å². The topological polar surface area (TPSA) is 116 Å². The quantitative estimate of drug-likeness (QED) is 0.104. The van der Waals surface area contributed by atoms with E-state index in [1.54, 1.807) is 12.1 Å². The fourth-order valence-corrected chi connectivity index (χ4v) is 6.85.